The molecule has 2 atom stereocenters. The molecule has 1 aliphatic rings. The second-order valence-electron chi connectivity index (χ2n) is 5.28. The summed E-state index contributed by atoms with van der Waals surface area (Å²) in [5, 5.41) is 3.15. The van der Waals surface area contributed by atoms with Crippen LogP contribution in [0.4, 0.5) is 0 Å². The molecule has 4 nitrogen and oxygen atoms in total. The van der Waals surface area contributed by atoms with Crippen LogP contribution < -0.4 is 11.1 Å². The van der Waals surface area contributed by atoms with Gasteiger partial charge in [0.05, 0.1) is 0 Å². The zero-order valence-electron chi connectivity index (χ0n) is 11.3. The van der Waals surface area contributed by atoms with Gasteiger partial charge in [-0.3, -0.25) is 4.79 Å². The average molecular weight is 249 g/mol. The molecule has 0 radical (unpaired) electrons. The van der Waals surface area contributed by atoms with E-state index in [-0.39, 0.29) is 11.9 Å². The number of nitrogens with two attached hydrogens (primary N) is 1. The average Bonchev–Trinajstić information content (AvgIpc) is 2.71. The molecule has 4 heteroatoms. The Bertz CT molecular complexity index is 425. The minimum Gasteiger partial charge on any atom is -0.348 e. The fourth-order valence-corrected chi connectivity index (χ4v) is 2.76. The highest BCUT2D eigenvalue weighted by Crippen LogP contribution is 2.23. The van der Waals surface area contributed by atoms with E-state index < -0.39 is 0 Å². The van der Waals surface area contributed by atoms with Crippen molar-refractivity contribution in [2.24, 2.45) is 18.7 Å². The molecule has 0 saturated heterocycles. The lowest BCUT2D eigenvalue weighted by molar-refractivity contribution is 0.0899. The van der Waals surface area contributed by atoms with E-state index >= 15 is 0 Å². The summed E-state index contributed by atoms with van der Waals surface area (Å²) in [6.07, 6.45) is 4.61. The number of hydrogen-bond acceptors (Lipinski definition) is 2. The molecule has 18 heavy (non-hydrogen) atoms. The SMILES string of the molecule is Cc1ccc(C(=O)NC2CCCCC2CN)n1C. The molecule has 3 N–H and O–H groups in total. The summed E-state index contributed by atoms with van der Waals surface area (Å²) in [5.74, 6) is 0.458. The molecule has 2 rings (SSSR count). The number of nitrogens with one attached hydrogen (secondary N) is 1. The van der Waals surface area contributed by atoms with Crippen molar-refractivity contribution in [1.29, 1.82) is 0 Å². The summed E-state index contributed by atoms with van der Waals surface area (Å²) in [6, 6.07) is 4.09. The van der Waals surface area contributed by atoms with Gasteiger partial charge in [0.1, 0.15) is 5.69 Å². The van der Waals surface area contributed by atoms with Gasteiger partial charge < -0.3 is 15.6 Å². The molecule has 1 amide bonds. The zero-order chi connectivity index (χ0) is 13.1. The van der Waals surface area contributed by atoms with Crippen LogP contribution in [0.15, 0.2) is 12.1 Å². The van der Waals surface area contributed by atoms with Crippen LogP contribution >= 0.6 is 0 Å². The molecule has 1 aliphatic carbocycles. The number of nitrogens with zero attached hydrogens (tertiary/aromatic N) is 1. The maximum atomic E-state index is 12.2. The molecule has 2 unspecified atom stereocenters. The lowest BCUT2D eigenvalue weighted by Gasteiger charge is -2.31. The second-order valence-corrected chi connectivity index (χ2v) is 5.28. The molecule has 1 aromatic rings. The minimum atomic E-state index is 0.0240. The summed E-state index contributed by atoms with van der Waals surface area (Å²) < 4.78 is 1.93. The third-order valence-corrected chi connectivity index (χ3v) is 4.13. The molecular weight excluding hydrogens is 226 g/mol. The van der Waals surface area contributed by atoms with Gasteiger partial charge in [-0.1, -0.05) is 12.8 Å². The highest BCUT2D eigenvalue weighted by atomic mass is 16.2. The fraction of sp³-hybridized carbons (Fsp3) is 0.643. The van der Waals surface area contributed by atoms with Gasteiger partial charge in [0.15, 0.2) is 0 Å². The van der Waals surface area contributed by atoms with Crippen LogP contribution in [0.25, 0.3) is 0 Å². The van der Waals surface area contributed by atoms with Gasteiger partial charge in [-0.05, 0) is 44.4 Å². The zero-order valence-corrected chi connectivity index (χ0v) is 11.3. The maximum Gasteiger partial charge on any atom is 0.268 e. The number of hydrogen-bond donors (Lipinski definition) is 2. The molecule has 0 spiro atoms. The van der Waals surface area contributed by atoms with E-state index in [4.69, 9.17) is 5.73 Å². The van der Waals surface area contributed by atoms with Gasteiger partial charge in [-0.15, -0.1) is 0 Å². The van der Waals surface area contributed by atoms with E-state index in [1.807, 2.05) is 30.7 Å². The van der Waals surface area contributed by atoms with Gasteiger partial charge in [0, 0.05) is 18.8 Å². The van der Waals surface area contributed by atoms with Gasteiger partial charge >= 0.3 is 0 Å². The Morgan fingerprint density at radius 1 is 1.44 bits per heavy atom. The fourth-order valence-electron chi connectivity index (χ4n) is 2.76. The smallest absolute Gasteiger partial charge is 0.268 e. The molecule has 0 bridgehead atoms. The first-order chi connectivity index (χ1) is 8.63. The largest absolute Gasteiger partial charge is 0.348 e. The Morgan fingerprint density at radius 3 is 2.78 bits per heavy atom. The van der Waals surface area contributed by atoms with E-state index in [1.54, 1.807) is 0 Å². The standard InChI is InChI=1S/C14H23N3O/c1-10-7-8-13(17(10)2)14(18)16-12-6-4-3-5-11(12)9-15/h7-8,11-12H,3-6,9,15H2,1-2H3,(H,16,18). The number of aryl methyl sites for hydroxylation is 1. The van der Waals surface area contributed by atoms with Crippen molar-refractivity contribution >= 4 is 5.91 Å². The van der Waals surface area contributed by atoms with Crippen molar-refractivity contribution < 1.29 is 4.79 Å². The van der Waals surface area contributed by atoms with Crippen molar-refractivity contribution in [3.05, 3.63) is 23.5 Å². The monoisotopic (exact) mass is 249 g/mol. The summed E-state index contributed by atoms with van der Waals surface area (Å²) >= 11 is 0. The maximum absolute atomic E-state index is 12.2. The number of amides is 1. The minimum absolute atomic E-state index is 0.0240. The summed E-state index contributed by atoms with van der Waals surface area (Å²) in [7, 11) is 1.92. The van der Waals surface area contributed by atoms with E-state index in [2.05, 4.69) is 5.32 Å². The predicted molar refractivity (Wildman–Crippen MR) is 72.4 cm³/mol. The molecule has 1 aromatic heterocycles. The first-order valence-electron chi connectivity index (χ1n) is 6.76. The molecule has 0 aromatic carbocycles. The van der Waals surface area contributed by atoms with Gasteiger partial charge in [0.2, 0.25) is 0 Å². The molecule has 100 valence electrons. The number of carbonyl (C=O) groups excluding carboxylic acids is 1. The second kappa shape index (κ2) is 5.57. The van der Waals surface area contributed by atoms with Crippen LogP contribution in [0.3, 0.4) is 0 Å². The van der Waals surface area contributed by atoms with Crippen LogP contribution in [0.1, 0.15) is 41.9 Å². The normalized spacial score (nSPS) is 23.9. The highest BCUT2D eigenvalue weighted by Gasteiger charge is 2.26. The number of carbonyl (C=O) groups is 1. The number of aromatic nitrogens is 1. The molecular formula is C14H23N3O. The molecule has 1 saturated carbocycles. The van der Waals surface area contributed by atoms with E-state index in [0.29, 0.717) is 12.5 Å². The quantitative estimate of drug-likeness (QED) is 0.854. The van der Waals surface area contributed by atoms with Gasteiger partial charge in [-0.25, -0.2) is 0 Å². The lowest BCUT2D eigenvalue weighted by atomic mass is 9.84. The third-order valence-electron chi connectivity index (χ3n) is 4.13. The predicted octanol–water partition coefficient (Wildman–Crippen LogP) is 1.58. The van der Waals surface area contributed by atoms with Crippen LogP contribution in [0, 0.1) is 12.8 Å². The Kier molecular flexibility index (Phi) is 4.07. The Hall–Kier alpha value is -1.29. The van der Waals surface area contributed by atoms with Crippen molar-refractivity contribution in [3.8, 4) is 0 Å². The summed E-state index contributed by atoms with van der Waals surface area (Å²) in [4.78, 5) is 12.2. The first-order valence-corrected chi connectivity index (χ1v) is 6.76. The third kappa shape index (κ3) is 2.58. The molecule has 1 heterocycles. The van der Waals surface area contributed by atoms with Gasteiger partial charge in [0.25, 0.3) is 5.91 Å². The van der Waals surface area contributed by atoms with Crippen LogP contribution in [0.5, 0.6) is 0 Å². The lowest BCUT2D eigenvalue weighted by Crippen LogP contribution is -2.45. The topological polar surface area (TPSA) is 60.1 Å². The van der Waals surface area contributed by atoms with E-state index in [1.165, 1.54) is 12.8 Å². The van der Waals surface area contributed by atoms with Crippen molar-refractivity contribution in [2.75, 3.05) is 6.54 Å². The van der Waals surface area contributed by atoms with Crippen LogP contribution in [-0.2, 0) is 7.05 Å². The van der Waals surface area contributed by atoms with Crippen molar-refractivity contribution in [1.82, 2.24) is 9.88 Å². The molecule has 1 fully saturated rings. The van der Waals surface area contributed by atoms with Crippen molar-refractivity contribution in [3.63, 3.8) is 0 Å². The van der Waals surface area contributed by atoms with Crippen LogP contribution in [-0.4, -0.2) is 23.1 Å². The Morgan fingerprint density at radius 2 is 2.17 bits per heavy atom. The van der Waals surface area contributed by atoms with Crippen molar-refractivity contribution in [2.45, 2.75) is 38.6 Å². The highest BCUT2D eigenvalue weighted by molar-refractivity contribution is 5.93. The van der Waals surface area contributed by atoms with E-state index in [0.717, 1.165) is 24.2 Å². The summed E-state index contributed by atoms with van der Waals surface area (Å²) in [5.41, 5.74) is 7.61. The van der Waals surface area contributed by atoms with E-state index in [9.17, 15) is 4.79 Å². The number of rotatable bonds is 3. The van der Waals surface area contributed by atoms with Gasteiger partial charge in [-0.2, -0.15) is 0 Å². The Labute approximate surface area is 109 Å². The van der Waals surface area contributed by atoms with Crippen LogP contribution in [0.2, 0.25) is 0 Å². The first kappa shape index (κ1) is 13.1. The summed E-state index contributed by atoms with van der Waals surface area (Å²) in [6.45, 7) is 2.66. The molecule has 0 aliphatic heterocycles. The Balaban J connectivity index is 2.04.